The van der Waals surface area contributed by atoms with Gasteiger partial charge in [0, 0.05) is 0 Å². The molecule has 11 heavy (non-hydrogen) atoms. The predicted molar refractivity (Wildman–Crippen MR) is 44.2 cm³/mol. The number of halogens is 2. The molecule has 0 amide bonds. The van der Waals surface area contributed by atoms with Crippen LogP contribution in [0.15, 0.2) is 11.8 Å². The van der Waals surface area contributed by atoms with E-state index in [1.54, 1.807) is 0 Å². The summed E-state index contributed by atoms with van der Waals surface area (Å²) in [4.78, 5) is 0. The lowest BCUT2D eigenvalue weighted by Crippen LogP contribution is -2.02. The smallest absolute Gasteiger partial charge is 0.288 e. The molecule has 0 aromatic carbocycles. The molecule has 0 aliphatic carbocycles. The summed E-state index contributed by atoms with van der Waals surface area (Å²) < 4.78 is 23.1. The van der Waals surface area contributed by atoms with Gasteiger partial charge in [-0.25, -0.2) is 0 Å². The van der Waals surface area contributed by atoms with Crippen molar-refractivity contribution in [1.82, 2.24) is 0 Å². The van der Waals surface area contributed by atoms with Crippen LogP contribution in [0.5, 0.6) is 0 Å². The van der Waals surface area contributed by atoms with E-state index in [0.29, 0.717) is 0 Å². The molecule has 0 heterocycles. The highest BCUT2D eigenvalue weighted by atomic mass is 19.3. The minimum atomic E-state index is -1.75. The standard InChI is InChI=1S/C6H11F2N.C2H6/c1-4(2)3-5(9)6(7)8;1-2/h4H,3,9H2,1-2H3;1-2H3. The van der Waals surface area contributed by atoms with Gasteiger partial charge in [-0.2, -0.15) is 8.78 Å². The molecule has 0 bridgehead atoms. The summed E-state index contributed by atoms with van der Waals surface area (Å²) in [6, 6.07) is 0. The number of hydrogen-bond donors (Lipinski definition) is 1. The van der Waals surface area contributed by atoms with Gasteiger partial charge in [0.1, 0.15) is 0 Å². The third kappa shape index (κ3) is 9.40. The minimum absolute atomic E-state index is 0.200. The fourth-order valence-electron chi connectivity index (χ4n) is 0.517. The van der Waals surface area contributed by atoms with Crippen LogP contribution in [0.4, 0.5) is 8.78 Å². The summed E-state index contributed by atoms with van der Waals surface area (Å²) in [6.07, 6.45) is -1.47. The Morgan fingerprint density at radius 2 is 1.64 bits per heavy atom. The molecular weight excluding hydrogens is 148 g/mol. The third-order valence-electron chi connectivity index (χ3n) is 0.871. The second kappa shape index (κ2) is 7.51. The summed E-state index contributed by atoms with van der Waals surface area (Å²) in [5.74, 6) is 0.200. The summed E-state index contributed by atoms with van der Waals surface area (Å²) in [6.45, 7) is 7.69. The summed E-state index contributed by atoms with van der Waals surface area (Å²) in [5.41, 5.74) is 4.66. The Kier molecular flexibility index (Phi) is 8.89. The van der Waals surface area contributed by atoms with Crippen molar-refractivity contribution >= 4 is 0 Å². The van der Waals surface area contributed by atoms with Gasteiger partial charge < -0.3 is 5.73 Å². The second-order valence-corrected chi connectivity index (χ2v) is 2.38. The number of hydrogen-bond acceptors (Lipinski definition) is 1. The molecule has 0 unspecified atom stereocenters. The van der Waals surface area contributed by atoms with Crippen LogP contribution >= 0.6 is 0 Å². The van der Waals surface area contributed by atoms with E-state index >= 15 is 0 Å². The molecule has 1 nitrogen and oxygen atoms in total. The second-order valence-electron chi connectivity index (χ2n) is 2.38. The van der Waals surface area contributed by atoms with Gasteiger partial charge in [0.15, 0.2) is 0 Å². The van der Waals surface area contributed by atoms with Crippen molar-refractivity contribution in [1.29, 1.82) is 0 Å². The Morgan fingerprint density at radius 3 is 1.73 bits per heavy atom. The first-order chi connectivity index (χ1) is 5.04. The predicted octanol–water partition coefficient (Wildman–Crippen LogP) is 3.13. The van der Waals surface area contributed by atoms with Crippen LogP contribution in [-0.2, 0) is 0 Å². The first kappa shape index (κ1) is 13.0. The highest BCUT2D eigenvalue weighted by molar-refractivity contribution is 4.96. The Hall–Kier alpha value is -0.600. The molecule has 0 fully saturated rings. The fourth-order valence-corrected chi connectivity index (χ4v) is 0.517. The van der Waals surface area contributed by atoms with Crippen LogP contribution in [-0.4, -0.2) is 0 Å². The molecule has 0 rings (SSSR count). The molecule has 0 radical (unpaired) electrons. The van der Waals surface area contributed by atoms with Crippen molar-refractivity contribution in [3.63, 3.8) is 0 Å². The van der Waals surface area contributed by atoms with Crippen molar-refractivity contribution in [2.24, 2.45) is 11.7 Å². The fraction of sp³-hybridized carbons (Fsp3) is 0.750. The molecule has 0 saturated carbocycles. The molecule has 2 N–H and O–H groups in total. The van der Waals surface area contributed by atoms with Crippen LogP contribution in [0, 0.1) is 5.92 Å². The Balaban J connectivity index is 0. The average Bonchev–Trinajstić information content (AvgIpc) is 1.90. The molecule has 68 valence electrons. The zero-order chi connectivity index (χ0) is 9.44. The lowest BCUT2D eigenvalue weighted by atomic mass is 10.1. The summed E-state index contributed by atoms with van der Waals surface area (Å²) in [7, 11) is 0. The van der Waals surface area contributed by atoms with E-state index < -0.39 is 6.08 Å². The van der Waals surface area contributed by atoms with E-state index in [4.69, 9.17) is 5.73 Å². The van der Waals surface area contributed by atoms with Crippen LogP contribution in [0.25, 0.3) is 0 Å². The number of nitrogens with two attached hydrogens (primary N) is 1. The van der Waals surface area contributed by atoms with E-state index in [1.807, 2.05) is 27.7 Å². The molecule has 0 aromatic rings. The summed E-state index contributed by atoms with van der Waals surface area (Å²) in [5, 5.41) is 0. The van der Waals surface area contributed by atoms with E-state index in [2.05, 4.69) is 0 Å². The zero-order valence-corrected chi connectivity index (χ0v) is 7.62. The van der Waals surface area contributed by atoms with E-state index in [9.17, 15) is 8.78 Å². The molecule has 0 saturated heterocycles. The molecule has 0 spiro atoms. The molecular formula is C8H17F2N. The lowest BCUT2D eigenvalue weighted by Gasteiger charge is -2.01. The van der Waals surface area contributed by atoms with E-state index in [1.165, 1.54) is 0 Å². The van der Waals surface area contributed by atoms with Crippen molar-refractivity contribution < 1.29 is 8.78 Å². The average molecular weight is 165 g/mol. The van der Waals surface area contributed by atoms with Crippen LogP contribution in [0.3, 0.4) is 0 Å². The SMILES string of the molecule is CC.CC(C)CC(N)=C(F)F. The maximum atomic E-state index is 11.5. The van der Waals surface area contributed by atoms with E-state index in [0.717, 1.165) is 0 Å². The quantitative estimate of drug-likeness (QED) is 0.668. The number of allylic oxidation sites excluding steroid dienone is 1. The van der Waals surface area contributed by atoms with Gasteiger partial charge in [-0.1, -0.05) is 27.7 Å². The Morgan fingerprint density at radius 1 is 1.27 bits per heavy atom. The maximum Gasteiger partial charge on any atom is 0.288 e. The maximum absolute atomic E-state index is 11.5. The number of rotatable bonds is 2. The zero-order valence-electron chi connectivity index (χ0n) is 7.62. The molecule has 0 aliphatic heterocycles. The van der Waals surface area contributed by atoms with Gasteiger partial charge in [0.2, 0.25) is 0 Å². The van der Waals surface area contributed by atoms with Gasteiger partial charge in [-0.05, 0) is 12.3 Å². The lowest BCUT2D eigenvalue weighted by molar-refractivity contribution is 0.401. The van der Waals surface area contributed by atoms with Gasteiger partial charge in [0.25, 0.3) is 6.08 Å². The molecule has 0 atom stereocenters. The molecule has 0 aromatic heterocycles. The van der Waals surface area contributed by atoms with Crippen molar-refractivity contribution in [3.8, 4) is 0 Å². The van der Waals surface area contributed by atoms with Gasteiger partial charge in [0.05, 0.1) is 5.70 Å². The highest BCUT2D eigenvalue weighted by Gasteiger charge is 2.02. The highest BCUT2D eigenvalue weighted by Crippen LogP contribution is 2.11. The largest absolute Gasteiger partial charge is 0.398 e. The monoisotopic (exact) mass is 165 g/mol. The minimum Gasteiger partial charge on any atom is -0.398 e. The summed E-state index contributed by atoms with van der Waals surface area (Å²) >= 11 is 0. The first-order valence-corrected chi connectivity index (χ1v) is 3.83. The van der Waals surface area contributed by atoms with E-state index in [-0.39, 0.29) is 18.0 Å². The molecule has 3 heteroatoms. The van der Waals surface area contributed by atoms with Crippen LogP contribution < -0.4 is 5.73 Å². The van der Waals surface area contributed by atoms with Crippen LogP contribution in [0.1, 0.15) is 34.1 Å². The van der Waals surface area contributed by atoms with Crippen molar-refractivity contribution in [2.45, 2.75) is 34.1 Å². The van der Waals surface area contributed by atoms with Gasteiger partial charge in [-0.3, -0.25) is 0 Å². The van der Waals surface area contributed by atoms with Gasteiger partial charge >= 0.3 is 0 Å². The van der Waals surface area contributed by atoms with Crippen molar-refractivity contribution in [3.05, 3.63) is 11.8 Å². The van der Waals surface area contributed by atoms with Crippen LogP contribution in [0.2, 0.25) is 0 Å². The Bertz CT molecular complexity index is 115. The van der Waals surface area contributed by atoms with Crippen molar-refractivity contribution in [2.75, 3.05) is 0 Å². The van der Waals surface area contributed by atoms with Gasteiger partial charge in [-0.15, -0.1) is 0 Å². The topological polar surface area (TPSA) is 26.0 Å². The Labute approximate surface area is 67.3 Å². The normalized spacial score (nSPS) is 8.64. The third-order valence-corrected chi connectivity index (χ3v) is 0.871. The first-order valence-electron chi connectivity index (χ1n) is 3.83. The molecule has 0 aliphatic rings.